The van der Waals surface area contributed by atoms with Crippen molar-refractivity contribution >= 4 is 6.09 Å². The summed E-state index contributed by atoms with van der Waals surface area (Å²) in [4.78, 5) is 14.3. The molecule has 5 heteroatoms. The normalized spacial score (nSPS) is 19.0. The Morgan fingerprint density at radius 3 is 2.73 bits per heavy atom. The molecule has 1 aliphatic rings. The number of aryl methyl sites for hydroxylation is 1. The SMILES string of the molecule is COc1ccc(C)cc1C1CNCCN1C(=O)OC(C)(C)C. The van der Waals surface area contributed by atoms with Crippen LogP contribution < -0.4 is 10.1 Å². The van der Waals surface area contributed by atoms with E-state index in [9.17, 15) is 4.79 Å². The van der Waals surface area contributed by atoms with Crippen LogP contribution in [0.1, 0.15) is 37.9 Å². The smallest absolute Gasteiger partial charge is 0.410 e. The molecule has 1 heterocycles. The number of hydrogen-bond acceptors (Lipinski definition) is 4. The second-order valence-electron chi connectivity index (χ2n) is 6.64. The third kappa shape index (κ3) is 3.91. The molecule has 0 radical (unpaired) electrons. The molecular formula is C17H26N2O3. The van der Waals surface area contributed by atoms with E-state index in [2.05, 4.69) is 11.4 Å². The Hall–Kier alpha value is -1.75. The molecule has 0 aliphatic carbocycles. The zero-order chi connectivity index (χ0) is 16.3. The van der Waals surface area contributed by atoms with E-state index in [-0.39, 0.29) is 12.1 Å². The van der Waals surface area contributed by atoms with Gasteiger partial charge in [-0.2, -0.15) is 0 Å². The van der Waals surface area contributed by atoms with Crippen LogP contribution in [0.25, 0.3) is 0 Å². The number of benzene rings is 1. The van der Waals surface area contributed by atoms with Crippen molar-refractivity contribution in [3.05, 3.63) is 29.3 Å². The van der Waals surface area contributed by atoms with Crippen LogP contribution in [-0.4, -0.2) is 43.3 Å². The van der Waals surface area contributed by atoms with Gasteiger partial charge in [0.25, 0.3) is 0 Å². The van der Waals surface area contributed by atoms with Gasteiger partial charge in [-0.05, 0) is 33.8 Å². The Labute approximate surface area is 132 Å². The predicted molar refractivity (Wildman–Crippen MR) is 86.3 cm³/mol. The first kappa shape index (κ1) is 16.6. The van der Waals surface area contributed by atoms with Crippen molar-refractivity contribution in [2.45, 2.75) is 39.3 Å². The van der Waals surface area contributed by atoms with Gasteiger partial charge in [-0.15, -0.1) is 0 Å². The summed E-state index contributed by atoms with van der Waals surface area (Å²) in [5.74, 6) is 0.799. The number of carbonyl (C=O) groups is 1. The summed E-state index contributed by atoms with van der Waals surface area (Å²) in [5.41, 5.74) is 1.66. The zero-order valence-corrected chi connectivity index (χ0v) is 14.1. The lowest BCUT2D eigenvalue weighted by atomic mass is 10.0. The van der Waals surface area contributed by atoms with Crippen LogP contribution >= 0.6 is 0 Å². The second-order valence-corrected chi connectivity index (χ2v) is 6.64. The maximum absolute atomic E-state index is 12.5. The maximum atomic E-state index is 12.5. The fraction of sp³-hybridized carbons (Fsp3) is 0.588. The molecule has 1 N–H and O–H groups in total. The average molecular weight is 306 g/mol. The van der Waals surface area contributed by atoms with E-state index in [4.69, 9.17) is 9.47 Å². The van der Waals surface area contributed by atoms with Crippen molar-refractivity contribution in [2.75, 3.05) is 26.7 Å². The maximum Gasteiger partial charge on any atom is 0.410 e. The second kappa shape index (κ2) is 6.57. The van der Waals surface area contributed by atoms with Crippen molar-refractivity contribution in [2.24, 2.45) is 0 Å². The fourth-order valence-corrected chi connectivity index (χ4v) is 2.64. The quantitative estimate of drug-likeness (QED) is 0.913. The van der Waals surface area contributed by atoms with E-state index in [1.54, 1.807) is 12.0 Å². The highest BCUT2D eigenvalue weighted by Gasteiger charge is 2.32. The topological polar surface area (TPSA) is 50.8 Å². The van der Waals surface area contributed by atoms with Crippen LogP contribution in [0.15, 0.2) is 18.2 Å². The molecule has 1 aromatic rings. The summed E-state index contributed by atoms with van der Waals surface area (Å²) in [7, 11) is 1.65. The van der Waals surface area contributed by atoms with Gasteiger partial charge in [0.1, 0.15) is 11.4 Å². The minimum atomic E-state index is -0.497. The molecule has 1 aromatic carbocycles. The van der Waals surface area contributed by atoms with Crippen LogP contribution in [0.3, 0.4) is 0 Å². The van der Waals surface area contributed by atoms with Crippen molar-refractivity contribution in [1.82, 2.24) is 10.2 Å². The van der Waals surface area contributed by atoms with Crippen molar-refractivity contribution < 1.29 is 14.3 Å². The Morgan fingerprint density at radius 1 is 1.36 bits per heavy atom. The van der Waals surface area contributed by atoms with Gasteiger partial charge in [-0.1, -0.05) is 17.7 Å². The van der Waals surface area contributed by atoms with E-state index in [1.165, 1.54) is 0 Å². The number of nitrogens with one attached hydrogen (secondary N) is 1. The highest BCUT2D eigenvalue weighted by atomic mass is 16.6. The van der Waals surface area contributed by atoms with E-state index in [1.807, 2.05) is 39.8 Å². The Bertz CT molecular complexity index is 537. The third-order valence-corrected chi connectivity index (χ3v) is 3.62. The summed E-state index contributed by atoms with van der Waals surface area (Å²) >= 11 is 0. The standard InChI is InChI=1S/C17H26N2O3/c1-12-6-7-15(21-5)13(10-12)14-11-18-8-9-19(14)16(20)22-17(2,3)4/h6-7,10,14,18H,8-9,11H2,1-5H3. The minimum Gasteiger partial charge on any atom is -0.496 e. The molecule has 1 fully saturated rings. The highest BCUT2D eigenvalue weighted by molar-refractivity contribution is 5.69. The molecule has 1 aliphatic heterocycles. The number of rotatable bonds is 2. The van der Waals surface area contributed by atoms with Gasteiger partial charge < -0.3 is 14.8 Å². The van der Waals surface area contributed by atoms with E-state index >= 15 is 0 Å². The van der Waals surface area contributed by atoms with Gasteiger partial charge in [0.15, 0.2) is 0 Å². The monoisotopic (exact) mass is 306 g/mol. The molecular weight excluding hydrogens is 280 g/mol. The molecule has 122 valence electrons. The summed E-state index contributed by atoms with van der Waals surface area (Å²) in [6.07, 6.45) is -0.275. The number of amides is 1. The third-order valence-electron chi connectivity index (χ3n) is 3.62. The summed E-state index contributed by atoms with van der Waals surface area (Å²) in [5, 5.41) is 3.35. The molecule has 1 saturated heterocycles. The van der Waals surface area contributed by atoms with Gasteiger partial charge in [-0.3, -0.25) is 4.90 Å². The van der Waals surface area contributed by atoms with Gasteiger partial charge in [0.2, 0.25) is 0 Å². The number of nitrogens with zero attached hydrogens (tertiary/aromatic N) is 1. The first-order valence-electron chi connectivity index (χ1n) is 7.66. The number of carbonyl (C=O) groups excluding carboxylic acids is 1. The summed E-state index contributed by atoms with van der Waals surface area (Å²) in [6, 6.07) is 5.95. The van der Waals surface area contributed by atoms with E-state index in [0.717, 1.165) is 23.4 Å². The number of methoxy groups -OCH3 is 1. The molecule has 0 bridgehead atoms. The Morgan fingerprint density at radius 2 is 2.09 bits per heavy atom. The zero-order valence-electron chi connectivity index (χ0n) is 14.1. The minimum absolute atomic E-state index is 0.0848. The highest BCUT2D eigenvalue weighted by Crippen LogP contribution is 2.32. The molecule has 1 unspecified atom stereocenters. The Kier molecular flexibility index (Phi) is 4.96. The average Bonchev–Trinajstić information content (AvgIpc) is 2.45. The molecule has 0 saturated carbocycles. The molecule has 1 atom stereocenters. The molecule has 22 heavy (non-hydrogen) atoms. The van der Waals surface area contributed by atoms with Gasteiger partial charge in [0, 0.05) is 25.2 Å². The van der Waals surface area contributed by atoms with Gasteiger partial charge in [0.05, 0.1) is 13.2 Å². The lowest BCUT2D eigenvalue weighted by Gasteiger charge is -2.37. The van der Waals surface area contributed by atoms with Crippen LogP contribution in [0, 0.1) is 6.92 Å². The van der Waals surface area contributed by atoms with Crippen LogP contribution in [0.5, 0.6) is 5.75 Å². The molecule has 1 amide bonds. The van der Waals surface area contributed by atoms with Crippen molar-refractivity contribution in [3.63, 3.8) is 0 Å². The summed E-state index contributed by atoms with van der Waals surface area (Å²) < 4.78 is 11.0. The van der Waals surface area contributed by atoms with Crippen molar-refractivity contribution in [1.29, 1.82) is 0 Å². The molecule has 0 spiro atoms. The summed E-state index contributed by atoms with van der Waals surface area (Å²) in [6.45, 7) is 9.77. The lowest BCUT2D eigenvalue weighted by molar-refractivity contribution is 0.0116. The van der Waals surface area contributed by atoms with Crippen molar-refractivity contribution in [3.8, 4) is 5.75 Å². The number of ether oxygens (including phenoxy) is 2. The van der Waals surface area contributed by atoms with E-state index < -0.39 is 5.60 Å². The fourth-order valence-electron chi connectivity index (χ4n) is 2.64. The predicted octanol–water partition coefficient (Wildman–Crippen LogP) is 2.89. The largest absolute Gasteiger partial charge is 0.496 e. The van der Waals surface area contributed by atoms with Crippen LogP contribution in [0.2, 0.25) is 0 Å². The first-order chi connectivity index (χ1) is 10.3. The Balaban J connectivity index is 2.30. The number of hydrogen-bond donors (Lipinski definition) is 1. The lowest BCUT2D eigenvalue weighted by Crippen LogP contribution is -2.50. The molecule has 5 nitrogen and oxygen atoms in total. The molecule has 0 aromatic heterocycles. The molecule has 2 rings (SSSR count). The first-order valence-corrected chi connectivity index (χ1v) is 7.66. The van der Waals surface area contributed by atoms with Gasteiger partial charge >= 0.3 is 6.09 Å². The van der Waals surface area contributed by atoms with E-state index in [0.29, 0.717) is 13.1 Å². The van der Waals surface area contributed by atoms with Gasteiger partial charge in [-0.25, -0.2) is 4.79 Å². The van der Waals surface area contributed by atoms with Crippen LogP contribution in [0.4, 0.5) is 4.79 Å². The van der Waals surface area contributed by atoms with Crippen LogP contribution in [-0.2, 0) is 4.74 Å². The number of piperazine rings is 1.